The summed E-state index contributed by atoms with van der Waals surface area (Å²) in [4.78, 5) is 12.8. The summed E-state index contributed by atoms with van der Waals surface area (Å²) < 4.78 is 23.3. The van der Waals surface area contributed by atoms with Gasteiger partial charge in [0.15, 0.2) is 11.6 Å². The molecule has 0 aromatic heterocycles. The zero-order valence-electron chi connectivity index (χ0n) is 10.9. The van der Waals surface area contributed by atoms with Crippen molar-refractivity contribution in [3.8, 4) is 5.75 Å². The standard InChI is InChI=1S/C13H18FNO3/c1-4-18-12-6-5-10(7-11(12)14)8-15(2)9-13(16)17-3/h5-7H,4,8-9H2,1-3H3. The Labute approximate surface area is 106 Å². The third-order valence-electron chi connectivity index (χ3n) is 2.38. The highest BCUT2D eigenvalue weighted by atomic mass is 19.1. The Bertz CT molecular complexity index is 409. The number of benzene rings is 1. The fourth-order valence-electron chi connectivity index (χ4n) is 1.57. The highest BCUT2D eigenvalue weighted by Gasteiger charge is 2.09. The Morgan fingerprint density at radius 2 is 2.17 bits per heavy atom. The number of rotatable bonds is 6. The first-order chi connectivity index (χ1) is 8.56. The molecule has 0 spiro atoms. The van der Waals surface area contributed by atoms with E-state index in [1.807, 2.05) is 0 Å². The minimum absolute atomic E-state index is 0.172. The van der Waals surface area contributed by atoms with E-state index >= 15 is 0 Å². The Balaban J connectivity index is 2.62. The number of halogens is 1. The average Bonchev–Trinajstić information content (AvgIpc) is 2.32. The molecule has 1 aromatic rings. The second-order valence-electron chi connectivity index (χ2n) is 3.95. The van der Waals surface area contributed by atoms with Gasteiger partial charge in [0.05, 0.1) is 20.3 Å². The molecule has 0 fully saturated rings. The lowest BCUT2D eigenvalue weighted by Gasteiger charge is -2.15. The second kappa shape index (κ2) is 6.96. The van der Waals surface area contributed by atoms with Crippen LogP contribution in [0.2, 0.25) is 0 Å². The van der Waals surface area contributed by atoms with Crippen LogP contribution in [0.4, 0.5) is 4.39 Å². The van der Waals surface area contributed by atoms with E-state index in [-0.39, 0.29) is 24.1 Å². The molecule has 0 atom stereocenters. The van der Waals surface area contributed by atoms with Gasteiger partial charge in [-0.05, 0) is 31.7 Å². The van der Waals surface area contributed by atoms with Crippen LogP contribution in [0.3, 0.4) is 0 Å². The summed E-state index contributed by atoms with van der Waals surface area (Å²) in [6.07, 6.45) is 0. The van der Waals surface area contributed by atoms with Crippen molar-refractivity contribution in [3.05, 3.63) is 29.6 Å². The number of likely N-dealkylation sites (N-methyl/N-ethyl adjacent to an activating group) is 1. The van der Waals surface area contributed by atoms with Crippen LogP contribution in [0, 0.1) is 5.82 Å². The number of carbonyl (C=O) groups is 1. The molecular weight excluding hydrogens is 237 g/mol. The molecular formula is C13H18FNO3. The van der Waals surface area contributed by atoms with E-state index in [9.17, 15) is 9.18 Å². The molecule has 0 bridgehead atoms. The van der Waals surface area contributed by atoms with Crippen molar-refractivity contribution in [2.24, 2.45) is 0 Å². The topological polar surface area (TPSA) is 38.8 Å². The van der Waals surface area contributed by atoms with Gasteiger partial charge in [0, 0.05) is 6.54 Å². The molecule has 1 aromatic carbocycles. The van der Waals surface area contributed by atoms with Crippen LogP contribution in [0.1, 0.15) is 12.5 Å². The second-order valence-corrected chi connectivity index (χ2v) is 3.95. The maximum Gasteiger partial charge on any atom is 0.319 e. The van der Waals surface area contributed by atoms with Gasteiger partial charge in [-0.25, -0.2) is 4.39 Å². The minimum Gasteiger partial charge on any atom is -0.491 e. The first-order valence-corrected chi connectivity index (χ1v) is 5.73. The Kier molecular flexibility index (Phi) is 5.58. The van der Waals surface area contributed by atoms with Gasteiger partial charge in [0.1, 0.15) is 0 Å². The molecule has 0 amide bonds. The van der Waals surface area contributed by atoms with E-state index in [0.29, 0.717) is 13.2 Å². The van der Waals surface area contributed by atoms with E-state index in [2.05, 4.69) is 4.74 Å². The number of nitrogens with zero attached hydrogens (tertiary/aromatic N) is 1. The lowest BCUT2D eigenvalue weighted by atomic mass is 10.2. The average molecular weight is 255 g/mol. The zero-order chi connectivity index (χ0) is 13.5. The lowest BCUT2D eigenvalue weighted by molar-refractivity contribution is -0.141. The molecule has 5 heteroatoms. The van der Waals surface area contributed by atoms with Crippen molar-refractivity contribution < 1.29 is 18.7 Å². The van der Waals surface area contributed by atoms with Gasteiger partial charge in [0.2, 0.25) is 0 Å². The van der Waals surface area contributed by atoms with Gasteiger partial charge in [-0.3, -0.25) is 9.69 Å². The highest BCUT2D eigenvalue weighted by molar-refractivity contribution is 5.71. The maximum absolute atomic E-state index is 13.6. The summed E-state index contributed by atoms with van der Waals surface area (Å²) in [5, 5.41) is 0. The molecule has 0 saturated heterocycles. The molecule has 18 heavy (non-hydrogen) atoms. The Hall–Kier alpha value is -1.62. The van der Waals surface area contributed by atoms with E-state index in [1.165, 1.54) is 13.2 Å². The molecule has 0 unspecified atom stereocenters. The smallest absolute Gasteiger partial charge is 0.319 e. The predicted octanol–water partition coefficient (Wildman–Crippen LogP) is 1.83. The third kappa shape index (κ3) is 4.33. The van der Waals surface area contributed by atoms with Crippen LogP contribution < -0.4 is 4.74 Å². The van der Waals surface area contributed by atoms with Gasteiger partial charge >= 0.3 is 5.97 Å². The number of hydrogen-bond donors (Lipinski definition) is 0. The monoisotopic (exact) mass is 255 g/mol. The molecule has 0 N–H and O–H groups in total. The fourth-order valence-corrected chi connectivity index (χ4v) is 1.57. The molecule has 100 valence electrons. The van der Waals surface area contributed by atoms with Gasteiger partial charge in [0.25, 0.3) is 0 Å². The van der Waals surface area contributed by atoms with Crippen LogP contribution >= 0.6 is 0 Å². The number of carbonyl (C=O) groups excluding carboxylic acids is 1. The maximum atomic E-state index is 13.6. The number of ether oxygens (including phenoxy) is 2. The Morgan fingerprint density at radius 1 is 1.44 bits per heavy atom. The molecule has 0 radical (unpaired) electrons. The lowest BCUT2D eigenvalue weighted by Crippen LogP contribution is -2.26. The van der Waals surface area contributed by atoms with Gasteiger partial charge in [-0.2, -0.15) is 0 Å². The van der Waals surface area contributed by atoms with Crippen LogP contribution in [0.5, 0.6) is 5.75 Å². The molecule has 0 aliphatic rings. The number of hydrogen-bond acceptors (Lipinski definition) is 4. The molecule has 0 heterocycles. The highest BCUT2D eigenvalue weighted by Crippen LogP contribution is 2.18. The summed E-state index contributed by atoms with van der Waals surface area (Å²) in [5.74, 6) is -0.457. The summed E-state index contributed by atoms with van der Waals surface area (Å²) in [6.45, 7) is 2.87. The number of methoxy groups -OCH3 is 1. The first-order valence-electron chi connectivity index (χ1n) is 5.73. The predicted molar refractivity (Wildman–Crippen MR) is 65.9 cm³/mol. The van der Waals surface area contributed by atoms with Crippen molar-refractivity contribution in [1.29, 1.82) is 0 Å². The quantitative estimate of drug-likeness (QED) is 0.727. The molecule has 0 saturated carbocycles. The zero-order valence-corrected chi connectivity index (χ0v) is 10.9. The molecule has 1 rings (SSSR count). The summed E-state index contributed by atoms with van der Waals surface area (Å²) in [7, 11) is 3.11. The van der Waals surface area contributed by atoms with Gasteiger partial charge in [-0.1, -0.05) is 6.07 Å². The van der Waals surface area contributed by atoms with Crippen molar-refractivity contribution >= 4 is 5.97 Å². The van der Waals surface area contributed by atoms with Crippen molar-refractivity contribution in [2.45, 2.75) is 13.5 Å². The van der Waals surface area contributed by atoms with Crippen molar-refractivity contribution in [1.82, 2.24) is 4.90 Å². The van der Waals surface area contributed by atoms with E-state index in [1.54, 1.807) is 31.0 Å². The normalized spacial score (nSPS) is 10.5. The first kappa shape index (κ1) is 14.4. The van der Waals surface area contributed by atoms with Crippen LogP contribution in [0.25, 0.3) is 0 Å². The van der Waals surface area contributed by atoms with Crippen molar-refractivity contribution in [3.63, 3.8) is 0 Å². The molecule has 0 aliphatic heterocycles. The van der Waals surface area contributed by atoms with Crippen LogP contribution in [-0.2, 0) is 16.1 Å². The number of esters is 1. The third-order valence-corrected chi connectivity index (χ3v) is 2.38. The Morgan fingerprint density at radius 3 is 2.72 bits per heavy atom. The molecule has 0 aliphatic carbocycles. The van der Waals surface area contributed by atoms with E-state index < -0.39 is 0 Å². The van der Waals surface area contributed by atoms with Crippen molar-refractivity contribution in [2.75, 3.05) is 27.3 Å². The minimum atomic E-state index is -0.388. The van der Waals surface area contributed by atoms with Crippen LogP contribution in [0.15, 0.2) is 18.2 Å². The summed E-state index contributed by atoms with van der Waals surface area (Å²) in [6, 6.07) is 4.79. The van der Waals surface area contributed by atoms with Gasteiger partial charge in [-0.15, -0.1) is 0 Å². The largest absolute Gasteiger partial charge is 0.491 e. The summed E-state index contributed by atoms with van der Waals surface area (Å²) >= 11 is 0. The van der Waals surface area contributed by atoms with E-state index in [0.717, 1.165) is 5.56 Å². The van der Waals surface area contributed by atoms with Gasteiger partial charge < -0.3 is 9.47 Å². The fraction of sp³-hybridized carbons (Fsp3) is 0.462. The SMILES string of the molecule is CCOc1ccc(CN(C)CC(=O)OC)cc1F. The summed E-state index contributed by atoms with van der Waals surface area (Å²) in [5.41, 5.74) is 0.780. The van der Waals surface area contributed by atoms with Crippen LogP contribution in [-0.4, -0.2) is 38.2 Å². The van der Waals surface area contributed by atoms with E-state index in [4.69, 9.17) is 4.74 Å². The molecule has 4 nitrogen and oxygen atoms in total.